The number of carbonyl (C=O) groups excluding carboxylic acids is 3. The zero-order valence-corrected chi connectivity index (χ0v) is 37.2. The Balaban J connectivity index is 4.23. The fraction of sp³-hybridized carbons (Fsp3) is 0.939. The van der Waals surface area contributed by atoms with Gasteiger partial charge in [0.25, 0.3) is 0 Å². The van der Waals surface area contributed by atoms with E-state index in [0.717, 1.165) is 57.8 Å². The molecule has 0 aromatic rings. The molecule has 0 N–H and O–H groups in total. The van der Waals surface area contributed by atoms with Crippen molar-refractivity contribution in [2.75, 3.05) is 13.2 Å². The molecule has 0 spiro atoms. The summed E-state index contributed by atoms with van der Waals surface area (Å²) in [6.45, 7) is 6.65. The molecule has 55 heavy (non-hydrogen) atoms. The van der Waals surface area contributed by atoms with Crippen LogP contribution in [0.1, 0.15) is 278 Å². The molecule has 0 saturated carbocycles. The van der Waals surface area contributed by atoms with Gasteiger partial charge in [-0.2, -0.15) is 0 Å². The molecule has 1 unspecified atom stereocenters. The Morgan fingerprint density at radius 3 is 0.727 bits per heavy atom. The minimum Gasteiger partial charge on any atom is -0.462 e. The quantitative estimate of drug-likeness (QED) is 0.0348. The molecule has 0 aromatic heterocycles. The molecule has 0 radical (unpaired) electrons. The second kappa shape index (κ2) is 45.1. The number of carbonyl (C=O) groups is 3. The third-order valence-electron chi connectivity index (χ3n) is 11.1. The molecule has 0 fully saturated rings. The van der Waals surface area contributed by atoms with E-state index in [1.54, 1.807) is 0 Å². The zero-order valence-electron chi connectivity index (χ0n) is 37.2. The van der Waals surface area contributed by atoms with Gasteiger partial charge < -0.3 is 14.2 Å². The molecule has 0 amide bonds. The van der Waals surface area contributed by atoms with Gasteiger partial charge in [-0.1, -0.05) is 239 Å². The van der Waals surface area contributed by atoms with Gasteiger partial charge in [0.2, 0.25) is 0 Å². The molecule has 0 bridgehead atoms. The van der Waals surface area contributed by atoms with Crippen molar-refractivity contribution >= 4 is 17.9 Å². The van der Waals surface area contributed by atoms with E-state index in [9.17, 15) is 14.4 Å². The number of esters is 3. The van der Waals surface area contributed by atoms with Crippen molar-refractivity contribution in [3.05, 3.63) is 0 Å². The van der Waals surface area contributed by atoms with Crippen molar-refractivity contribution < 1.29 is 28.6 Å². The number of unbranched alkanes of at least 4 members (excludes halogenated alkanes) is 34. The molecule has 326 valence electrons. The second-order valence-electron chi connectivity index (χ2n) is 16.7. The molecule has 0 aromatic carbocycles. The highest BCUT2D eigenvalue weighted by atomic mass is 16.6. The highest BCUT2D eigenvalue weighted by Crippen LogP contribution is 2.16. The van der Waals surface area contributed by atoms with Gasteiger partial charge in [0.15, 0.2) is 6.10 Å². The number of rotatable bonds is 45. The summed E-state index contributed by atoms with van der Waals surface area (Å²) in [6, 6.07) is 0. The second-order valence-corrected chi connectivity index (χ2v) is 16.7. The maximum atomic E-state index is 12.7. The number of ether oxygens (including phenoxy) is 3. The third-order valence-corrected chi connectivity index (χ3v) is 11.1. The summed E-state index contributed by atoms with van der Waals surface area (Å²) in [5.74, 6) is -0.849. The molecule has 1 atom stereocenters. The van der Waals surface area contributed by atoms with Crippen molar-refractivity contribution in [1.29, 1.82) is 0 Å². The molecule has 0 saturated heterocycles. The van der Waals surface area contributed by atoms with Crippen LogP contribution in [-0.2, 0) is 28.6 Å². The summed E-state index contributed by atoms with van der Waals surface area (Å²) < 4.78 is 16.7. The van der Waals surface area contributed by atoms with Crippen molar-refractivity contribution in [2.45, 2.75) is 284 Å². The van der Waals surface area contributed by atoms with Crippen LogP contribution in [0, 0.1) is 0 Å². The minimum absolute atomic E-state index is 0.0624. The van der Waals surface area contributed by atoms with E-state index in [-0.39, 0.29) is 31.1 Å². The lowest BCUT2D eigenvalue weighted by molar-refractivity contribution is -0.167. The van der Waals surface area contributed by atoms with Gasteiger partial charge in [0.1, 0.15) is 13.2 Å². The standard InChI is InChI=1S/C49H94O6/c1-4-7-10-13-16-19-22-23-24-25-26-27-28-31-33-36-39-42-48(51)54-45-46(55-49(52)43-40-37-34-30-21-18-15-12-9-6-3)44-53-47(50)41-38-35-32-29-20-17-14-11-8-5-2/h46H,4-45H2,1-3H3. The third kappa shape index (κ3) is 43.4. The Hall–Kier alpha value is -1.59. The van der Waals surface area contributed by atoms with Gasteiger partial charge in [-0.15, -0.1) is 0 Å². The molecule has 0 rings (SSSR count). The Morgan fingerprint density at radius 2 is 0.491 bits per heavy atom. The summed E-state index contributed by atoms with van der Waals surface area (Å²) in [4.78, 5) is 37.7. The van der Waals surface area contributed by atoms with Crippen molar-refractivity contribution in [3.63, 3.8) is 0 Å². The highest BCUT2D eigenvalue weighted by molar-refractivity contribution is 5.71. The van der Waals surface area contributed by atoms with Crippen LogP contribution in [0.5, 0.6) is 0 Å². The van der Waals surface area contributed by atoms with Crippen molar-refractivity contribution in [3.8, 4) is 0 Å². The van der Waals surface area contributed by atoms with Crippen LogP contribution in [-0.4, -0.2) is 37.2 Å². The summed E-state index contributed by atoms with van der Waals surface area (Å²) in [5.41, 5.74) is 0. The zero-order chi connectivity index (χ0) is 40.1. The van der Waals surface area contributed by atoms with Crippen molar-refractivity contribution in [1.82, 2.24) is 0 Å². The van der Waals surface area contributed by atoms with Gasteiger partial charge in [-0.25, -0.2) is 0 Å². The molecule has 0 heterocycles. The van der Waals surface area contributed by atoms with Crippen LogP contribution in [0.15, 0.2) is 0 Å². The van der Waals surface area contributed by atoms with Gasteiger partial charge in [0, 0.05) is 19.3 Å². The lowest BCUT2D eigenvalue weighted by Gasteiger charge is -2.18. The fourth-order valence-electron chi connectivity index (χ4n) is 7.38. The van der Waals surface area contributed by atoms with E-state index in [1.807, 2.05) is 0 Å². The van der Waals surface area contributed by atoms with E-state index < -0.39 is 6.10 Å². The molecule has 0 aliphatic carbocycles. The lowest BCUT2D eigenvalue weighted by Crippen LogP contribution is -2.30. The first-order valence-corrected chi connectivity index (χ1v) is 24.5. The van der Waals surface area contributed by atoms with Crippen LogP contribution >= 0.6 is 0 Å². The molecule has 0 aliphatic heterocycles. The molecule has 6 nitrogen and oxygen atoms in total. The predicted octanol–water partition coefficient (Wildman–Crippen LogP) is 15.6. The van der Waals surface area contributed by atoms with E-state index in [2.05, 4.69) is 20.8 Å². The van der Waals surface area contributed by atoms with E-state index in [1.165, 1.54) is 180 Å². The average Bonchev–Trinajstić information content (AvgIpc) is 3.18. The first-order chi connectivity index (χ1) is 27.0. The molecule has 0 aliphatic rings. The van der Waals surface area contributed by atoms with E-state index in [0.29, 0.717) is 19.3 Å². The summed E-state index contributed by atoms with van der Waals surface area (Å²) >= 11 is 0. The summed E-state index contributed by atoms with van der Waals surface area (Å²) in [6.07, 6.45) is 46.6. The monoisotopic (exact) mass is 779 g/mol. The van der Waals surface area contributed by atoms with Crippen LogP contribution in [0.2, 0.25) is 0 Å². The van der Waals surface area contributed by atoms with Crippen LogP contribution in [0.3, 0.4) is 0 Å². The van der Waals surface area contributed by atoms with E-state index in [4.69, 9.17) is 14.2 Å². The molecule has 6 heteroatoms. The Bertz CT molecular complexity index is 813. The fourth-order valence-corrected chi connectivity index (χ4v) is 7.38. The topological polar surface area (TPSA) is 78.9 Å². The normalized spacial score (nSPS) is 11.8. The maximum absolute atomic E-state index is 12.7. The predicted molar refractivity (Wildman–Crippen MR) is 233 cm³/mol. The SMILES string of the molecule is CCCCCCCCCCCCCCCCCCCC(=O)OCC(COC(=O)CCCCCCCCCCCC)OC(=O)CCCCCCCCCCCC. The number of hydrogen-bond acceptors (Lipinski definition) is 6. The minimum atomic E-state index is -0.758. The van der Waals surface area contributed by atoms with Gasteiger partial charge in [-0.05, 0) is 19.3 Å². The van der Waals surface area contributed by atoms with Crippen LogP contribution < -0.4 is 0 Å². The molecular formula is C49H94O6. The Kier molecular flexibility index (Phi) is 43.8. The smallest absolute Gasteiger partial charge is 0.306 e. The largest absolute Gasteiger partial charge is 0.462 e. The summed E-state index contributed by atoms with van der Waals surface area (Å²) in [7, 11) is 0. The van der Waals surface area contributed by atoms with Crippen LogP contribution in [0.25, 0.3) is 0 Å². The Labute approximate surface area is 342 Å². The average molecular weight is 779 g/mol. The Morgan fingerprint density at radius 1 is 0.291 bits per heavy atom. The molecular weight excluding hydrogens is 685 g/mol. The van der Waals surface area contributed by atoms with Gasteiger partial charge in [-0.3, -0.25) is 14.4 Å². The lowest BCUT2D eigenvalue weighted by atomic mass is 10.0. The first kappa shape index (κ1) is 53.4. The van der Waals surface area contributed by atoms with Crippen molar-refractivity contribution in [2.24, 2.45) is 0 Å². The first-order valence-electron chi connectivity index (χ1n) is 24.5. The van der Waals surface area contributed by atoms with E-state index >= 15 is 0 Å². The number of hydrogen-bond donors (Lipinski definition) is 0. The maximum Gasteiger partial charge on any atom is 0.306 e. The van der Waals surface area contributed by atoms with Crippen LogP contribution in [0.4, 0.5) is 0 Å². The van der Waals surface area contributed by atoms with Gasteiger partial charge >= 0.3 is 17.9 Å². The summed E-state index contributed by atoms with van der Waals surface area (Å²) in [5, 5.41) is 0. The van der Waals surface area contributed by atoms with Gasteiger partial charge in [0.05, 0.1) is 0 Å². The highest BCUT2D eigenvalue weighted by Gasteiger charge is 2.19.